The second kappa shape index (κ2) is 7.74. The van der Waals surface area contributed by atoms with Crippen LogP contribution < -0.4 is 0 Å². The molecule has 0 heterocycles. The molecule has 0 radical (unpaired) electrons. The maximum Gasteiger partial charge on any atom is 0.182 e. The zero-order chi connectivity index (χ0) is 21.7. The van der Waals surface area contributed by atoms with Crippen molar-refractivity contribution in [3.8, 4) is 0 Å². The summed E-state index contributed by atoms with van der Waals surface area (Å²) in [4.78, 5) is 18.7. The van der Waals surface area contributed by atoms with E-state index in [0.717, 1.165) is 49.2 Å². The maximum absolute atomic E-state index is 13.1. The Hall–Kier alpha value is -1.19. The number of carbonyl (C=O) groups excluding carboxylic acids is 1. The molecule has 4 rings (SSSR count). The van der Waals surface area contributed by atoms with Gasteiger partial charge in [-0.2, -0.15) is 0 Å². The summed E-state index contributed by atoms with van der Waals surface area (Å²) in [5.41, 5.74) is 1.01. The van der Waals surface area contributed by atoms with Crippen LogP contribution in [-0.4, -0.2) is 16.6 Å². The number of carbonyl (C=O) groups is 1. The molecule has 6 atom stereocenters. The molecule has 166 valence electrons. The third kappa shape index (κ3) is 3.03. The molecule has 0 aromatic carbocycles. The summed E-state index contributed by atoms with van der Waals surface area (Å²) in [6.07, 6.45) is 16.7. The lowest BCUT2D eigenvalue weighted by Gasteiger charge is -2.57. The second-order valence-corrected chi connectivity index (χ2v) is 11.5. The van der Waals surface area contributed by atoms with E-state index in [4.69, 9.17) is 4.89 Å². The van der Waals surface area contributed by atoms with Gasteiger partial charge in [-0.15, -0.1) is 0 Å². The normalized spacial score (nSPS) is 41.1. The maximum atomic E-state index is 13.1. The number of fused-ring (bicyclic) bond motifs is 5. The fraction of sp³-hybridized carbons (Fsp3) is 0.741. The molecular formula is C27H40O3. The van der Waals surface area contributed by atoms with Crippen molar-refractivity contribution >= 4 is 5.78 Å². The first-order valence-corrected chi connectivity index (χ1v) is 12.2. The van der Waals surface area contributed by atoms with Gasteiger partial charge >= 0.3 is 0 Å². The molecule has 0 aromatic rings. The van der Waals surface area contributed by atoms with Crippen molar-refractivity contribution in [2.24, 2.45) is 34.5 Å². The van der Waals surface area contributed by atoms with Gasteiger partial charge in [-0.3, -0.25) is 10.1 Å². The van der Waals surface area contributed by atoms with Crippen LogP contribution in [0.25, 0.3) is 0 Å². The number of hydrogen-bond acceptors (Lipinski definition) is 3. The Morgan fingerprint density at radius 3 is 2.63 bits per heavy atom. The van der Waals surface area contributed by atoms with Crippen LogP contribution in [-0.2, 0) is 9.68 Å². The van der Waals surface area contributed by atoms with Crippen LogP contribution in [0.1, 0.15) is 86.0 Å². The van der Waals surface area contributed by atoms with Crippen LogP contribution in [0, 0.1) is 34.5 Å². The molecule has 0 aromatic heterocycles. The van der Waals surface area contributed by atoms with Crippen LogP contribution >= 0.6 is 0 Å². The van der Waals surface area contributed by atoms with Gasteiger partial charge in [0.25, 0.3) is 0 Å². The van der Waals surface area contributed by atoms with Crippen molar-refractivity contribution in [1.29, 1.82) is 0 Å². The highest BCUT2D eigenvalue weighted by atomic mass is 17.1. The van der Waals surface area contributed by atoms with Gasteiger partial charge in [-0.05, 0) is 67.4 Å². The van der Waals surface area contributed by atoms with Crippen molar-refractivity contribution in [3.63, 3.8) is 0 Å². The molecule has 3 nitrogen and oxygen atoms in total. The molecule has 4 aliphatic rings. The quantitative estimate of drug-likeness (QED) is 0.381. The van der Waals surface area contributed by atoms with Gasteiger partial charge in [0, 0.05) is 16.4 Å². The Bertz CT molecular complexity index is 790. The van der Waals surface area contributed by atoms with Gasteiger partial charge in [0.1, 0.15) is 5.60 Å². The average molecular weight is 413 g/mol. The predicted octanol–water partition coefficient (Wildman–Crippen LogP) is 6.91. The fourth-order valence-electron chi connectivity index (χ4n) is 7.74. The molecule has 1 N–H and O–H groups in total. The summed E-state index contributed by atoms with van der Waals surface area (Å²) < 4.78 is 0. The largest absolute Gasteiger partial charge is 0.290 e. The van der Waals surface area contributed by atoms with E-state index in [0.29, 0.717) is 11.8 Å². The first-order chi connectivity index (χ1) is 14.2. The van der Waals surface area contributed by atoms with E-state index in [1.54, 1.807) is 0 Å². The zero-order valence-corrected chi connectivity index (χ0v) is 19.5. The summed E-state index contributed by atoms with van der Waals surface area (Å²) in [5, 5.41) is 10.4. The highest BCUT2D eigenvalue weighted by Gasteiger charge is 2.67. The van der Waals surface area contributed by atoms with E-state index in [1.807, 2.05) is 18.2 Å². The second-order valence-electron chi connectivity index (χ2n) is 11.5. The summed E-state index contributed by atoms with van der Waals surface area (Å²) >= 11 is 0. The van der Waals surface area contributed by atoms with E-state index in [-0.39, 0.29) is 22.5 Å². The van der Waals surface area contributed by atoms with Crippen molar-refractivity contribution in [3.05, 3.63) is 35.5 Å². The third-order valence-electron chi connectivity index (χ3n) is 9.50. The molecule has 0 spiro atoms. The van der Waals surface area contributed by atoms with Crippen LogP contribution in [0.4, 0.5) is 0 Å². The minimum Gasteiger partial charge on any atom is -0.290 e. The van der Waals surface area contributed by atoms with Crippen molar-refractivity contribution in [1.82, 2.24) is 0 Å². The average Bonchev–Trinajstić information content (AvgIpc) is 3.01. The Morgan fingerprint density at radius 2 is 1.93 bits per heavy atom. The number of ketones is 1. The third-order valence-corrected chi connectivity index (χ3v) is 9.50. The summed E-state index contributed by atoms with van der Waals surface area (Å²) in [6, 6.07) is 0. The van der Waals surface area contributed by atoms with E-state index in [2.05, 4.69) is 40.7 Å². The lowest BCUT2D eigenvalue weighted by Crippen LogP contribution is -2.57. The molecule has 0 unspecified atom stereocenters. The lowest BCUT2D eigenvalue weighted by molar-refractivity contribution is -0.344. The fourth-order valence-corrected chi connectivity index (χ4v) is 7.74. The summed E-state index contributed by atoms with van der Waals surface area (Å²) in [6.45, 7) is 11.6. The van der Waals surface area contributed by atoms with E-state index < -0.39 is 5.60 Å². The predicted molar refractivity (Wildman–Crippen MR) is 121 cm³/mol. The minimum absolute atomic E-state index is 0.113. The van der Waals surface area contributed by atoms with Crippen LogP contribution in [0.2, 0.25) is 0 Å². The van der Waals surface area contributed by atoms with Gasteiger partial charge < -0.3 is 0 Å². The zero-order valence-electron chi connectivity index (χ0n) is 19.5. The van der Waals surface area contributed by atoms with E-state index in [1.165, 1.54) is 19.3 Å². The SMILES string of the molecule is CC(C)CCC[C@@H](C)[C@H]1CC[C@@]2(OO)C3=CC(=O)C4=CC=CC[C@]4(C)[C@H]3CC[C@]12C. The highest BCUT2D eigenvalue weighted by Crippen LogP contribution is 2.68. The van der Waals surface area contributed by atoms with Gasteiger partial charge in [-0.1, -0.05) is 72.1 Å². The summed E-state index contributed by atoms with van der Waals surface area (Å²) in [7, 11) is 0. The van der Waals surface area contributed by atoms with E-state index >= 15 is 0 Å². The number of allylic oxidation sites excluding steroid dienone is 5. The van der Waals surface area contributed by atoms with Gasteiger partial charge in [-0.25, -0.2) is 4.89 Å². The Kier molecular flexibility index (Phi) is 5.68. The molecule has 3 heteroatoms. The van der Waals surface area contributed by atoms with E-state index in [9.17, 15) is 10.1 Å². The van der Waals surface area contributed by atoms with Crippen LogP contribution in [0.5, 0.6) is 0 Å². The molecule has 2 fully saturated rings. The Morgan fingerprint density at radius 1 is 1.17 bits per heavy atom. The molecule has 0 saturated heterocycles. The van der Waals surface area contributed by atoms with Gasteiger partial charge in [0.2, 0.25) is 0 Å². The first kappa shape index (κ1) is 22.0. The smallest absolute Gasteiger partial charge is 0.182 e. The first-order valence-electron chi connectivity index (χ1n) is 12.2. The molecule has 2 saturated carbocycles. The van der Waals surface area contributed by atoms with Crippen LogP contribution in [0.3, 0.4) is 0 Å². The topological polar surface area (TPSA) is 46.5 Å². The molecule has 0 aliphatic heterocycles. The lowest BCUT2D eigenvalue weighted by atomic mass is 9.48. The minimum atomic E-state index is -0.710. The molecule has 30 heavy (non-hydrogen) atoms. The Labute approximate surface area is 182 Å². The monoisotopic (exact) mass is 412 g/mol. The molecular weight excluding hydrogens is 372 g/mol. The summed E-state index contributed by atoms with van der Waals surface area (Å²) in [5.74, 6) is 2.25. The molecule has 0 bridgehead atoms. The Balaban J connectivity index is 1.67. The van der Waals surface area contributed by atoms with Crippen molar-refractivity contribution < 1.29 is 14.9 Å². The number of hydrogen-bond donors (Lipinski definition) is 1. The van der Waals surface area contributed by atoms with Gasteiger partial charge in [0.05, 0.1) is 0 Å². The molecule has 0 amide bonds. The highest BCUT2D eigenvalue weighted by molar-refractivity contribution is 6.07. The molecule has 4 aliphatic carbocycles. The van der Waals surface area contributed by atoms with Crippen molar-refractivity contribution in [2.45, 2.75) is 91.6 Å². The number of rotatable bonds is 6. The van der Waals surface area contributed by atoms with Crippen molar-refractivity contribution in [2.75, 3.05) is 0 Å². The van der Waals surface area contributed by atoms with Crippen LogP contribution in [0.15, 0.2) is 35.5 Å². The standard InChI is InChI=1S/C27H40O3/c1-18(2)9-8-10-19(3)20-13-16-27(30-29)23-17-24(28)22-11-6-7-14-25(22,4)21(23)12-15-26(20,27)5/h6-7,11,17-21,29H,8-10,12-16H2,1-5H3/t19-,20-,21+,25-,26-,27-/m1/s1. The van der Waals surface area contributed by atoms with Gasteiger partial charge in [0.15, 0.2) is 5.78 Å².